The molecule has 0 atom stereocenters. The average Bonchev–Trinajstić information content (AvgIpc) is 2.27. The second-order valence-corrected chi connectivity index (χ2v) is 3.96. The van der Waals surface area contributed by atoms with Crippen molar-refractivity contribution in [2.24, 2.45) is 0 Å². The fraction of sp³-hybridized carbons (Fsp3) is 0.167. The van der Waals surface area contributed by atoms with E-state index < -0.39 is 0 Å². The smallest absolute Gasteiger partial charge is 0.274 e. The van der Waals surface area contributed by atoms with Crippen molar-refractivity contribution in [1.82, 2.24) is 15.0 Å². The van der Waals surface area contributed by atoms with Crippen molar-refractivity contribution < 1.29 is 4.79 Å². The van der Waals surface area contributed by atoms with Crippen LogP contribution in [-0.2, 0) is 0 Å². The Morgan fingerprint density at radius 2 is 2.00 bits per heavy atom. The number of nitrogens with two attached hydrogens (primary N) is 1. The van der Waals surface area contributed by atoms with E-state index in [9.17, 15) is 4.79 Å². The van der Waals surface area contributed by atoms with Crippen LogP contribution in [-0.4, -0.2) is 20.9 Å². The Hall–Kier alpha value is -2.50. The van der Waals surface area contributed by atoms with Crippen LogP contribution in [0.25, 0.3) is 0 Å². The molecule has 0 radical (unpaired) electrons. The molecule has 0 bridgehead atoms. The summed E-state index contributed by atoms with van der Waals surface area (Å²) >= 11 is 0. The molecule has 0 unspecified atom stereocenters. The molecule has 0 saturated heterocycles. The summed E-state index contributed by atoms with van der Waals surface area (Å²) in [6.45, 7) is 3.65. The zero-order valence-corrected chi connectivity index (χ0v) is 10.1. The molecule has 0 aromatic carbocycles. The molecule has 0 aliphatic carbocycles. The first-order chi connectivity index (χ1) is 8.54. The van der Waals surface area contributed by atoms with Gasteiger partial charge in [-0.3, -0.25) is 9.78 Å². The van der Waals surface area contributed by atoms with E-state index in [0.717, 1.165) is 5.56 Å². The third kappa shape index (κ3) is 2.79. The predicted molar refractivity (Wildman–Crippen MR) is 68.1 cm³/mol. The summed E-state index contributed by atoms with van der Waals surface area (Å²) in [5.74, 6) is -0.248. The van der Waals surface area contributed by atoms with Gasteiger partial charge in [-0.05, 0) is 31.5 Å². The number of amides is 1. The maximum Gasteiger partial charge on any atom is 0.274 e. The number of pyridine rings is 1. The first-order valence-electron chi connectivity index (χ1n) is 5.39. The second kappa shape index (κ2) is 4.79. The van der Waals surface area contributed by atoms with Gasteiger partial charge in [0.05, 0.1) is 11.9 Å². The minimum Gasteiger partial charge on any atom is -0.368 e. The molecular formula is C12H13N5O. The third-order valence-corrected chi connectivity index (χ3v) is 2.24. The first kappa shape index (κ1) is 12.0. The molecule has 0 saturated carbocycles. The van der Waals surface area contributed by atoms with Crippen molar-refractivity contribution in [1.29, 1.82) is 0 Å². The van der Waals surface area contributed by atoms with Gasteiger partial charge in [-0.15, -0.1) is 0 Å². The van der Waals surface area contributed by atoms with Gasteiger partial charge >= 0.3 is 0 Å². The van der Waals surface area contributed by atoms with E-state index in [2.05, 4.69) is 20.3 Å². The lowest BCUT2D eigenvalue weighted by molar-refractivity contribution is 0.102. The normalized spacial score (nSPS) is 10.1. The number of hydrogen-bond donors (Lipinski definition) is 2. The maximum atomic E-state index is 11.9. The van der Waals surface area contributed by atoms with Crippen LogP contribution in [0, 0.1) is 13.8 Å². The molecule has 18 heavy (non-hydrogen) atoms. The number of anilines is 2. The zero-order chi connectivity index (χ0) is 13.1. The molecule has 2 rings (SSSR count). The van der Waals surface area contributed by atoms with E-state index in [1.165, 1.54) is 0 Å². The van der Waals surface area contributed by atoms with Gasteiger partial charge in [0.25, 0.3) is 5.91 Å². The highest BCUT2D eigenvalue weighted by molar-refractivity contribution is 6.03. The number of carbonyl (C=O) groups is 1. The van der Waals surface area contributed by atoms with Gasteiger partial charge < -0.3 is 11.1 Å². The van der Waals surface area contributed by atoms with E-state index in [0.29, 0.717) is 11.4 Å². The van der Waals surface area contributed by atoms with Crippen LogP contribution < -0.4 is 11.1 Å². The van der Waals surface area contributed by atoms with Gasteiger partial charge in [-0.1, -0.05) is 0 Å². The number of aromatic nitrogens is 3. The quantitative estimate of drug-likeness (QED) is 0.829. The maximum absolute atomic E-state index is 11.9. The Labute approximate surface area is 104 Å². The molecular weight excluding hydrogens is 230 g/mol. The molecule has 6 heteroatoms. The molecule has 0 aliphatic rings. The van der Waals surface area contributed by atoms with Crippen LogP contribution in [0.3, 0.4) is 0 Å². The Kier molecular flexibility index (Phi) is 3.18. The van der Waals surface area contributed by atoms with Gasteiger partial charge in [0.15, 0.2) is 0 Å². The summed E-state index contributed by atoms with van der Waals surface area (Å²) in [6.07, 6.45) is 3.28. The summed E-state index contributed by atoms with van der Waals surface area (Å²) in [6, 6.07) is 3.40. The second-order valence-electron chi connectivity index (χ2n) is 3.96. The minimum atomic E-state index is -0.334. The molecule has 2 aromatic rings. The van der Waals surface area contributed by atoms with Gasteiger partial charge in [0, 0.05) is 11.9 Å². The lowest BCUT2D eigenvalue weighted by atomic mass is 10.2. The zero-order valence-electron chi connectivity index (χ0n) is 10.1. The van der Waals surface area contributed by atoms with Crippen molar-refractivity contribution in [3.8, 4) is 0 Å². The highest BCUT2D eigenvalue weighted by Gasteiger charge is 2.10. The van der Waals surface area contributed by atoms with Crippen LogP contribution >= 0.6 is 0 Å². The summed E-state index contributed by atoms with van der Waals surface area (Å²) in [5, 5.41) is 2.71. The number of rotatable bonds is 2. The Morgan fingerprint density at radius 3 is 2.67 bits per heavy atom. The molecule has 6 nitrogen and oxygen atoms in total. The standard InChI is InChI=1S/C12H13N5O/c1-7-3-9(6-14-5-7)16-11(18)10-4-8(2)15-12(13)17-10/h3-6H,1-2H3,(H,16,18)(H2,13,15,17). The van der Waals surface area contributed by atoms with Gasteiger partial charge in [0.2, 0.25) is 5.95 Å². The SMILES string of the molecule is Cc1cncc(NC(=O)c2cc(C)nc(N)n2)c1. The molecule has 2 aromatic heterocycles. The monoisotopic (exact) mass is 243 g/mol. The van der Waals surface area contributed by atoms with Crippen molar-refractivity contribution in [3.05, 3.63) is 41.5 Å². The molecule has 2 heterocycles. The van der Waals surface area contributed by atoms with Gasteiger partial charge in [0.1, 0.15) is 5.69 Å². The van der Waals surface area contributed by atoms with Crippen LogP contribution in [0.1, 0.15) is 21.7 Å². The molecule has 92 valence electrons. The first-order valence-corrected chi connectivity index (χ1v) is 5.39. The van der Waals surface area contributed by atoms with Crippen molar-refractivity contribution >= 4 is 17.5 Å². The topological polar surface area (TPSA) is 93.8 Å². The summed E-state index contributed by atoms with van der Waals surface area (Å²) in [4.78, 5) is 23.7. The van der Waals surface area contributed by atoms with E-state index in [-0.39, 0.29) is 17.5 Å². The fourth-order valence-corrected chi connectivity index (χ4v) is 1.53. The molecule has 0 aliphatic heterocycles. The van der Waals surface area contributed by atoms with Crippen LogP contribution in [0.5, 0.6) is 0 Å². The largest absolute Gasteiger partial charge is 0.368 e. The third-order valence-electron chi connectivity index (χ3n) is 2.24. The lowest BCUT2D eigenvalue weighted by Crippen LogP contribution is -2.15. The average molecular weight is 243 g/mol. The van der Waals surface area contributed by atoms with Crippen LogP contribution in [0.2, 0.25) is 0 Å². The van der Waals surface area contributed by atoms with E-state index in [1.54, 1.807) is 25.4 Å². The summed E-state index contributed by atoms with van der Waals surface area (Å²) in [5.41, 5.74) is 7.97. The van der Waals surface area contributed by atoms with Crippen molar-refractivity contribution in [3.63, 3.8) is 0 Å². The van der Waals surface area contributed by atoms with E-state index in [4.69, 9.17) is 5.73 Å². The van der Waals surface area contributed by atoms with Crippen molar-refractivity contribution in [2.75, 3.05) is 11.1 Å². The number of hydrogen-bond acceptors (Lipinski definition) is 5. The van der Waals surface area contributed by atoms with E-state index >= 15 is 0 Å². The molecule has 1 amide bonds. The highest BCUT2D eigenvalue weighted by Crippen LogP contribution is 2.10. The molecule has 3 N–H and O–H groups in total. The van der Waals surface area contributed by atoms with Crippen LogP contribution in [0.15, 0.2) is 24.5 Å². The predicted octanol–water partition coefficient (Wildman–Crippen LogP) is 1.32. The lowest BCUT2D eigenvalue weighted by Gasteiger charge is -2.05. The highest BCUT2D eigenvalue weighted by atomic mass is 16.1. The summed E-state index contributed by atoms with van der Waals surface area (Å²) < 4.78 is 0. The number of aryl methyl sites for hydroxylation is 2. The molecule has 0 spiro atoms. The number of nitrogens with zero attached hydrogens (tertiary/aromatic N) is 3. The number of carbonyl (C=O) groups excluding carboxylic acids is 1. The Balaban J connectivity index is 2.22. The number of nitrogens with one attached hydrogen (secondary N) is 1. The number of nitrogen functional groups attached to an aromatic ring is 1. The minimum absolute atomic E-state index is 0.0857. The van der Waals surface area contributed by atoms with Gasteiger partial charge in [-0.25, -0.2) is 9.97 Å². The fourth-order valence-electron chi connectivity index (χ4n) is 1.53. The van der Waals surface area contributed by atoms with E-state index in [1.807, 2.05) is 13.0 Å². The van der Waals surface area contributed by atoms with Crippen LogP contribution in [0.4, 0.5) is 11.6 Å². The molecule has 0 fully saturated rings. The summed E-state index contributed by atoms with van der Waals surface area (Å²) in [7, 11) is 0. The Morgan fingerprint density at radius 1 is 1.22 bits per heavy atom. The Bertz CT molecular complexity index is 577. The van der Waals surface area contributed by atoms with Crippen molar-refractivity contribution in [2.45, 2.75) is 13.8 Å². The van der Waals surface area contributed by atoms with Gasteiger partial charge in [-0.2, -0.15) is 0 Å².